The van der Waals surface area contributed by atoms with Crippen molar-refractivity contribution in [3.63, 3.8) is 0 Å². The van der Waals surface area contributed by atoms with E-state index in [1.807, 2.05) is 31.2 Å². The minimum atomic E-state index is -0.488. The number of halogens is 1. The standard InChI is InChI=1S/C13H14BrN5O2/c1-8(9-2-4-10(14)5-3-9)16-12-6-11(19(20)21)7-13(17-12)18-15/h2-8H,15H2,1H3,(H2,16,17,18). The summed E-state index contributed by atoms with van der Waals surface area (Å²) in [5.41, 5.74) is 3.28. The first kappa shape index (κ1) is 15.2. The van der Waals surface area contributed by atoms with Crippen LogP contribution in [0.3, 0.4) is 0 Å². The third-order valence-corrected chi connectivity index (χ3v) is 3.43. The lowest BCUT2D eigenvalue weighted by molar-refractivity contribution is -0.384. The first-order chi connectivity index (χ1) is 9.99. The number of benzene rings is 1. The molecular weight excluding hydrogens is 338 g/mol. The van der Waals surface area contributed by atoms with Crippen LogP contribution >= 0.6 is 15.9 Å². The molecule has 2 rings (SSSR count). The zero-order chi connectivity index (χ0) is 15.4. The summed E-state index contributed by atoms with van der Waals surface area (Å²) in [5.74, 6) is 5.89. The molecule has 2 aromatic rings. The fraction of sp³-hybridized carbons (Fsp3) is 0.154. The Balaban J connectivity index is 2.23. The van der Waals surface area contributed by atoms with Gasteiger partial charge in [-0.05, 0) is 24.6 Å². The number of nitro groups is 1. The number of aromatic nitrogens is 1. The second kappa shape index (κ2) is 6.51. The van der Waals surface area contributed by atoms with E-state index in [1.54, 1.807) is 0 Å². The first-order valence-corrected chi connectivity index (χ1v) is 6.94. The van der Waals surface area contributed by atoms with Gasteiger partial charge in [0.1, 0.15) is 11.6 Å². The SMILES string of the molecule is CC(Nc1cc([N+](=O)[O-])cc(NN)n1)c1ccc(Br)cc1. The highest BCUT2D eigenvalue weighted by Crippen LogP contribution is 2.24. The number of nitrogen functional groups attached to an aromatic ring is 1. The van der Waals surface area contributed by atoms with E-state index >= 15 is 0 Å². The van der Waals surface area contributed by atoms with Gasteiger partial charge in [0.05, 0.1) is 17.1 Å². The topological polar surface area (TPSA) is 106 Å². The number of nitrogens with zero attached hydrogens (tertiary/aromatic N) is 2. The molecule has 4 N–H and O–H groups in total. The van der Waals surface area contributed by atoms with E-state index in [0.717, 1.165) is 10.0 Å². The fourth-order valence-electron chi connectivity index (χ4n) is 1.83. The smallest absolute Gasteiger partial charge is 0.276 e. The van der Waals surface area contributed by atoms with Crippen LogP contribution in [0.25, 0.3) is 0 Å². The maximum absolute atomic E-state index is 10.9. The first-order valence-electron chi connectivity index (χ1n) is 6.14. The highest BCUT2D eigenvalue weighted by atomic mass is 79.9. The highest BCUT2D eigenvalue weighted by molar-refractivity contribution is 9.10. The molecule has 0 bridgehead atoms. The number of hydrazine groups is 1. The second-order valence-corrected chi connectivity index (χ2v) is 5.33. The quantitative estimate of drug-likeness (QED) is 0.433. The number of hydrogen-bond acceptors (Lipinski definition) is 6. The maximum atomic E-state index is 10.9. The Morgan fingerprint density at radius 1 is 1.29 bits per heavy atom. The van der Waals surface area contributed by atoms with Crippen molar-refractivity contribution in [2.24, 2.45) is 5.84 Å². The van der Waals surface area contributed by atoms with Gasteiger partial charge in [0.15, 0.2) is 0 Å². The molecular formula is C13H14BrN5O2. The van der Waals surface area contributed by atoms with Gasteiger partial charge in [-0.2, -0.15) is 0 Å². The normalized spacial score (nSPS) is 11.8. The lowest BCUT2D eigenvalue weighted by Crippen LogP contribution is -2.12. The van der Waals surface area contributed by atoms with Crippen LogP contribution in [-0.4, -0.2) is 9.91 Å². The van der Waals surface area contributed by atoms with E-state index in [4.69, 9.17) is 5.84 Å². The van der Waals surface area contributed by atoms with Gasteiger partial charge in [-0.1, -0.05) is 28.1 Å². The summed E-state index contributed by atoms with van der Waals surface area (Å²) in [6, 6.07) is 10.4. The molecule has 0 spiro atoms. The molecule has 0 fully saturated rings. The molecule has 1 aromatic carbocycles. The predicted octanol–water partition coefficient (Wildman–Crippen LogP) is 3.21. The van der Waals surface area contributed by atoms with Crippen LogP contribution in [0.4, 0.5) is 17.3 Å². The van der Waals surface area contributed by atoms with Crippen LogP contribution in [-0.2, 0) is 0 Å². The lowest BCUT2D eigenvalue weighted by atomic mass is 10.1. The van der Waals surface area contributed by atoms with Gasteiger partial charge in [-0.15, -0.1) is 0 Å². The van der Waals surface area contributed by atoms with E-state index in [9.17, 15) is 10.1 Å². The molecule has 0 aliphatic rings. The van der Waals surface area contributed by atoms with Crippen molar-refractivity contribution in [1.82, 2.24) is 4.98 Å². The summed E-state index contributed by atoms with van der Waals surface area (Å²) >= 11 is 3.38. The molecule has 0 amide bonds. The van der Waals surface area contributed by atoms with Gasteiger partial charge in [0.25, 0.3) is 5.69 Å². The van der Waals surface area contributed by atoms with E-state index in [1.165, 1.54) is 12.1 Å². The molecule has 0 aliphatic carbocycles. The molecule has 1 heterocycles. The third-order valence-electron chi connectivity index (χ3n) is 2.90. The summed E-state index contributed by atoms with van der Waals surface area (Å²) in [4.78, 5) is 14.6. The Labute approximate surface area is 129 Å². The van der Waals surface area contributed by atoms with Crippen LogP contribution in [0, 0.1) is 10.1 Å². The van der Waals surface area contributed by atoms with Crippen molar-refractivity contribution in [3.8, 4) is 0 Å². The fourth-order valence-corrected chi connectivity index (χ4v) is 2.09. The van der Waals surface area contributed by atoms with Crippen LogP contribution in [0.1, 0.15) is 18.5 Å². The molecule has 0 aliphatic heterocycles. The minimum absolute atomic E-state index is 0.0572. The monoisotopic (exact) mass is 351 g/mol. The highest BCUT2D eigenvalue weighted by Gasteiger charge is 2.13. The molecule has 21 heavy (non-hydrogen) atoms. The summed E-state index contributed by atoms with van der Waals surface area (Å²) < 4.78 is 0.988. The second-order valence-electron chi connectivity index (χ2n) is 4.41. The largest absolute Gasteiger partial charge is 0.363 e. The van der Waals surface area contributed by atoms with Crippen molar-refractivity contribution in [3.05, 3.63) is 56.5 Å². The van der Waals surface area contributed by atoms with Crippen molar-refractivity contribution < 1.29 is 4.92 Å². The Morgan fingerprint density at radius 2 is 1.90 bits per heavy atom. The number of pyridine rings is 1. The summed E-state index contributed by atoms with van der Waals surface area (Å²) in [7, 11) is 0. The summed E-state index contributed by atoms with van der Waals surface area (Å²) in [6.07, 6.45) is 0. The van der Waals surface area contributed by atoms with E-state index in [0.29, 0.717) is 5.82 Å². The Hall–Kier alpha value is -2.19. The third kappa shape index (κ3) is 3.89. The van der Waals surface area contributed by atoms with Crippen molar-refractivity contribution >= 4 is 33.3 Å². The van der Waals surface area contributed by atoms with Crippen LogP contribution in [0.5, 0.6) is 0 Å². The lowest BCUT2D eigenvalue weighted by Gasteiger charge is -2.15. The van der Waals surface area contributed by atoms with Crippen molar-refractivity contribution in [1.29, 1.82) is 0 Å². The van der Waals surface area contributed by atoms with Gasteiger partial charge in [-0.25, -0.2) is 10.8 Å². The molecule has 0 saturated carbocycles. The van der Waals surface area contributed by atoms with Crippen LogP contribution < -0.4 is 16.6 Å². The molecule has 110 valence electrons. The molecule has 1 atom stereocenters. The minimum Gasteiger partial charge on any atom is -0.363 e. The summed E-state index contributed by atoms with van der Waals surface area (Å²) in [6.45, 7) is 1.94. The van der Waals surface area contributed by atoms with Gasteiger partial charge in [0.2, 0.25) is 0 Å². The zero-order valence-corrected chi connectivity index (χ0v) is 12.8. The molecule has 1 unspecified atom stereocenters. The molecule has 1 aromatic heterocycles. The maximum Gasteiger partial charge on any atom is 0.276 e. The number of anilines is 2. The Morgan fingerprint density at radius 3 is 2.48 bits per heavy atom. The molecule has 7 nitrogen and oxygen atoms in total. The molecule has 0 radical (unpaired) electrons. The average Bonchev–Trinajstić information content (AvgIpc) is 2.47. The predicted molar refractivity (Wildman–Crippen MR) is 84.9 cm³/mol. The number of nitrogens with one attached hydrogen (secondary N) is 2. The van der Waals surface area contributed by atoms with Crippen molar-refractivity contribution in [2.45, 2.75) is 13.0 Å². The van der Waals surface area contributed by atoms with Crippen molar-refractivity contribution in [2.75, 3.05) is 10.7 Å². The zero-order valence-electron chi connectivity index (χ0n) is 11.2. The van der Waals surface area contributed by atoms with Crippen LogP contribution in [0.2, 0.25) is 0 Å². The van der Waals surface area contributed by atoms with E-state index in [-0.39, 0.29) is 17.5 Å². The number of hydrogen-bond donors (Lipinski definition) is 3. The van der Waals surface area contributed by atoms with Crippen LogP contribution in [0.15, 0.2) is 40.9 Å². The van der Waals surface area contributed by atoms with Gasteiger partial charge in [0, 0.05) is 10.5 Å². The number of rotatable bonds is 5. The molecule has 8 heteroatoms. The van der Waals surface area contributed by atoms with E-state index < -0.39 is 4.92 Å². The van der Waals surface area contributed by atoms with Gasteiger partial charge >= 0.3 is 0 Å². The Bertz CT molecular complexity index is 648. The van der Waals surface area contributed by atoms with Gasteiger partial charge in [-0.3, -0.25) is 10.1 Å². The van der Waals surface area contributed by atoms with E-state index in [2.05, 4.69) is 31.7 Å². The average molecular weight is 352 g/mol. The molecule has 0 saturated heterocycles. The number of nitrogens with two attached hydrogens (primary N) is 1. The van der Waals surface area contributed by atoms with Gasteiger partial charge < -0.3 is 10.7 Å². The summed E-state index contributed by atoms with van der Waals surface area (Å²) in [5, 5.41) is 14.0. The Kier molecular flexibility index (Phi) is 4.71.